The lowest BCUT2D eigenvalue weighted by Gasteiger charge is -2.10. The van der Waals surface area contributed by atoms with Gasteiger partial charge in [0.2, 0.25) is 0 Å². The second-order valence-corrected chi connectivity index (χ2v) is 14.0. The van der Waals surface area contributed by atoms with Gasteiger partial charge < -0.3 is 9.13 Å². The Balaban J connectivity index is 1.02. The van der Waals surface area contributed by atoms with Crippen LogP contribution in [0.15, 0.2) is 194 Å². The molecule has 262 valence electrons. The van der Waals surface area contributed by atoms with Gasteiger partial charge in [0.05, 0.1) is 51.5 Å². The fourth-order valence-electron chi connectivity index (χ4n) is 8.05. The summed E-state index contributed by atoms with van der Waals surface area (Å²) in [4.78, 5) is 19.6. The lowest BCUT2D eigenvalue weighted by molar-refractivity contribution is 1.04. The maximum absolute atomic E-state index is 4.94. The summed E-state index contributed by atoms with van der Waals surface area (Å²) in [6.45, 7) is 0. The van der Waals surface area contributed by atoms with Gasteiger partial charge >= 0.3 is 0 Å². The first-order valence-corrected chi connectivity index (χ1v) is 18.7. The third-order valence-electron chi connectivity index (χ3n) is 10.7. The molecule has 7 aromatic carbocycles. The molecule has 11 rings (SSSR count). The monoisotopic (exact) mass is 716 g/mol. The average molecular weight is 717 g/mol. The van der Waals surface area contributed by atoms with Crippen molar-refractivity contribution in [2.45, 2.75) is 0 Å². The van der Waals surface area contributed by atoms with E-state index in [1.54, 1.807) is 0 Å². The van der Waals surface area contributed by atoms with Crippen LogP contribution in [0.3, 0.4) is 0 Å². The minimum Gasteiger partial charge on any atom is -0.309 e. The van der Waals surface area contributed by atoms with Crippen LogP contribution < -0.4 is 0 Å². The molecule has 0 aliphatic rings. The van der Waals surface area contributed by atoms with Crippen LogP contribution in [-0.2, 0) is 0 Å². The largest absolute Gasteiger partial charge is 0.309 e. The molecule has 0 radical (unpaired) electrons. The zero-order valence-corrected chi connectivity index (χ0v) is 30.2. The van der Waals surface area contributed by atoms with Gasteiger partial charge in [-0.1, -0.05) is 133 Å². The molecule has 4 heterocycles. The molecular weight excluding hydrogens is 685 g/mol. The Hall–Kier alpha value is -7.70. The summed E-state index contributed by atoms with van der Waals surface area (Å²) in [6.07, 6.45) is 3.75. The van der Waals surface area contributed by atoms with Crippen LogP contribution in [0.4, 0.5) is 0 Å². The quantitative estimate of drug-likeness (QED) is 0.172. The van der Waals surface area contributed by atoms with Gasteiger partial charge in [-0.3, -0.25) is 0 Å². The normalized spacial score (nSPS) is 11.6. The highest BCUT2D eigenvalue weighted by molar-refractivity contribution is 6.12. The summed E-state index contributed by atoms with van der Waals surface area (Å²) in [5.74, 6) is 0.946. The van der Waals surface area contributed by atoms with Crippen LogP contribution in [-0.4, -0.2) is 29.1 Å². The number of para-hydroxylation sites is 3. The van der Waals surface area contributed by atoms with Crippen molar-refractivity contribution in [2.75, 3.05) is 0 Å². The summed E-state index contributed by atoms with van der Waals surface area (Å²) in [7, 11) is 0. The van der Waals surface area contributed by atoms with Crippen molar-refractivity contribution in [2.24, 2.45) is 0 Å². The summed E-state index contributed by atoms with van der Waals surface area (Å²) in [6, 6.07) is 63.7. The Morgan fingerprint density at radius 3 is 1.43 bits per heavy atom. The molecule has 6 nitrogen and oxygen atoms in total. The maximum Gasteiger partial charge on any atom is 0.198 e. The smallest absolute Gasteiger partial charge is 0.198 e. The predicted molar refractivity (Wildman–Crippen MR) is 228 cm³/mol. The maximum atomic E-state index is 4.94. The van der Waals surface area contributed by atoms with Gasteiger partial charge in [0.25, 0.3) is 0 Å². The van der Waals surface area contributed by atoms with Crippen molar-refractivity contribution in [3.8, 4) is 56.7 Å². The molecule has 0 unspecified atom stereocenters. The summed E-state index contributed by atoms with van der Waals surface area (Å²) < 4.78 is 4.61. The van der Waals surface area contributed by atoms with Crippen molar-refractivity contribution >= 4 is 43.6 Å². The molecule has 0 spiro atoms. The zero-order valence-electron chi connectivity index (χ0n) is 30.2. The number of nitrogens with zero attached hydrogens (tertiary/aromatic N) is 6. The number of aromatic nitrogens is 6. The molecule has 4 aromatic heterocycles. The van der Waals surface area contributed by atoms with E-state index in [-0.39, 0.29) is 0 Å². The first kappa shape index (κ1) is 31.8. The van der Waals surface area contributed by atoms with Crippen molar-refractivity contribution in [3.05, 3.63) is 194 Å². The van der Waals surface area contributed by atoms with E-state index in [0.29, 0.717) is 11.6 Å². The van der Waals surface area contributed by atoms with Crippen molar-refractivity contribution in [1.29, 1.82) is 0 Å². The third kappa shape index (κ3) is 5.27. The molecule has 0 saturated heterocycles. The average Bonchev–Trinajstić information content (AvgIpc) is 3.79. The van der Waals surface area contributed by atoms with Gasteiger partial charge in [-0.25, -0.2) is 19.9 Å². The van der Waals surface area contributed by atoms with E-state index in [1.807, 2.05) is 54.9 Å². The number of benzene rings is 7. The van der Waals surface area contributed by atoms with E-state index >= 15 is 0 Å². The molecule has 6 heteroatoms. The van der Waals surface area contributed by atoms with E-state index < -0.39 is 0 Å². The lowest BCUT2D eigenvalue weighted by Crippen LogP contribution is -2.01. The Kier molecular flexibility index (Phi) is 7.38. The molecule has 0 N–H and O–H groups in total. The summed E-state index contributed by atoms with van der Waals surface area (Å²) in [5.41, 5.74) is 12.5. The Morgan fingerprint density at radius 2 is 0.786 bits per heavy atom. The Labute approximate surface area is 322 Å². The minimum absolute atomic E-state index is 0.468. The molecule has 0 aliphatic carbocycles. The molecule has 11 aromatic rings. The van der Waals surface area contributed by atoms with Crippen LogP contribution in [0.25, 0.3) is 100 Å². The zero-order chi connectivity index (χ0) is 37.0. The van der Waals surface area contributed by atoms with Crippen LogP contribution in [0.1, 0.15) is 0 Å². The van der Waals surface area contributed by atoms with E-state index in [1.165, 1.54) is 27.2 Å². The summed E-state index contributed by atoms with van der Waals surface area (Å²) >= 11 is 0. The molecule has 0 aliphatic heterocycles. The van der Waals surface area contributed by atoms with Crippen molar-refractivity contribution in [1.82, 2.24) is 29.1 Å². The van der Waals surface area contributed by atoms with Gasteiger partial charge in [0.1, 0.15) is 0 Å². The van der Waals surface area contributed by atoms with Crippen LogP contribution in [0.5, 0.6) is 0 Å². The van der Waals surface area contributed by atoms with E-state index in [9.17, 15) is 0 Å². The Morgan fingerprint density at radius 1 is 0.304 bits per heavy atom. The van der Waals surface area contributed by atoms with Crippen LogP contribution in [0, 0.1) is 0 Å². The lowest BCUT2D eigenvalue weighted by atomic mass is 10.0. The van der Waals surface area contributed by atoms with Crippen LogP contribution >= 0.6 is 0 Å². The van der Waals surface area contributed by atoms with E-state index in [0.717, 1.165) is 61.4 Å². The topological polar surface area (TPSA) is 61.4 Å². The first-order chi connectivity index (χ1) is 27.8. The van der Waals surface area contributed by atoms with Crippen molar-refractivity contribution in [3.63, 3.8) is 0 Å². The molecule has 0 bridgehead atoms. The van der Waals surface area contributed by atoms with Gasteiger partial charge in [-0.05, 0) is 59.7 Å². The highest BCUT2D eigenvalue weighted by Crippen LogP contribution is 2.38. The molecular formula is C50H32N6. The predicted octanol–water partition coefficient (Wildman–Crippen LogP) is 12.1. The Bertz CT molecular complexity index is 3160. The first-order valence-electron chi connectivity index (χ1n) is 18.7. The number of rotatable bonds is 6. The fraction of sp³-hybridized carbons (Fsp3) is 0. The second kappa shape index (κ2) is 13.0. The van der Waals surface area contributed by atoms with Gasteiger partial charge in [-0.15, -0.1) is 0 Å². The van der Waals surface area contributed by atoms with Gasteiger partial charge in [0.15, 0.2) is 11.6 Å². The molecule has 56 heavy (non-hydrogen) atoms. The molecule has 0 atom stereocenters. The highest BCUT2D eigenvalue weighted by Gasteiger charge is 2.18. The third-order valence-corrected chi connectivity index (χ3v) is 10.7. The van der Waals surface area contributed by atoms with E-state index in [4.69, 9.17) is 19.9 Å². The SMILES string of the molecule is c1ccc(-c2cc(-c3ccccc3)nc(-c3ncc(-n4c5ccccc5c5cc(-c6ccc7c8ccccc8n(-c8ccccc8)c7c6)ccc54)cn3)n2)cc1. The highest BCUT2D eigenvalue weighted by atomic mass is 15.0. The van der Waals surface area contributed by atoms with Gasteiger partial charge in [0, 0.05) is 38.4 Å². The fourth-order valence-corrected chi connectivity index (χ4v) is 8.05. The van der Waals surface area contributed by atoms with E-state index in [2.05, 4.69) is 149 Å². The standard InChI is InChI=1S/C50H32N6/c1-4-14-33(15-5-1)43-30-44(34-16-6-2-7-17-34)54-50(53-43)49-51-31-38(32-52-49)56-46-23-13-11-21-40(46)42-28-35(25-27-47(42)56)36-24-26-41-39-20-10-12-22-45(39)55(48(41)29-36)37-18-8-3-9-19-37/h1-32H. The second-order valence-electron chi connectivity index (χ2n) is 14.0. The number of hydrogen-bond donors (Lipinski definition) is 0. The summed E-state index contributed by atoms with van der Waals surface area (Å²) in [5, 5.41) is 4.82. The number of hydrogen-bond acceptors (Lipinski definition) is 4. The number of fused-ring (bicyclic) bond motifs is 6. The molecule has 0 saturated carbocycles. The van der Waals surface area contributed by atoms with Crippen LogP contribution in [0.2, 0.25) is 0 Å². The minimum atomic E-state index is 0.468. The van der Waals surface area contributed by atoms with Gasteiger partial charge in [-0.2, -0.15) is 0 Å². The van der Waals surface area contributed by atoms with Crippen molar-refractivity contribution < 1.29 is 0 Å². The molecule has 0 fully saturated rings. The molecule has 0 amide bonds.